The number of rotatable bonds is 3. The van der Waals surface area contributed by atoms with Crippen LogP contribution in [0, 0.1) is 0 Å². The maximum Gasteiger partial charge on any atom is 0.131 e. The van der Waals surface area contributed by atoms with Gasteiger partial charge in [0.15, 0.2) is 0 Å². The molecule has 0 saturated carbocycles. The first-order valence-corrected chi connectivity index (χ1v) is 6.24. The van der Waals surface area contributed by atoms with Gasteiger partial charge in [-0.25, -0.2) is 0 Å². The van der Waals surface area contributed by atoms with Crippen LogP contribution in [-0.2, 0) is 4.74 Å². The van der Waals surface area contributed by atoms with E-state index in [2.05, 4.69) is 0 Å². The van der Waals surface area contributed by atoms with Crippen LogP contribution in [0.25, 0.3) is 0 Å². The maximum absolute atomic E-state index is 6.17. The van der Waals surface area contributed by atoms with Gasteiger partial charge in [0.2, 0.25) is 0 Å². The molecule has 4 heteroatoms. The zero-order chi connectivity index (χ0) is 12.5. The fraction of sp³-hybridized carbons (Fsp3) is 0.538. The second kappa shape index (κ2) is 4.84. The van der Waals surface area contributed by atoms with Crippen molar-refractivity contribution in [2.45, 2.75) is 31.9 Å². The van der Waals surface area contributed by atoms with Gasteiger partial charge in [0, 0.05) is 29.7 Å². The average molecular weight is 256 g/mol. The summed E-state index contributed by atoms with van der Waals surface area (Å²) in [6.07, 6.45) is 0.736. The number of benzene rings is 1. The van der Waals surface area contributed by atoms with Gasteiger partial charge in [-0.05, 0) is 32.0 Å². The Morgan fingerprint density at radius 3 is 3.06 bits per heavy atom. The van der Waals surface area contributed by atoms with E-state index < -0.39 is 0 Å². The van der Waals surface area contributed by atoms with Crippen LogP contribution < -0.4 is 10.5 Å². The van der Waals surface area contributed by atoms with Crippen molar-refractivity contribution in [3.8, 4) is 5.75 Å². The minimum Gasteiger partial charge on any atom is -0.485 e. The van der Waals surface area contributed by atoms with E-state index in [-0.39, 0.29) is 11.6 Å². The number of fused-ring (bicyclic) bond motifs is 1. The van der Waals surface area contributed by atoms with Gasteiger partial charge in [-0.3, -0.25) is 0 Å². The Morgan fingerprint density at radius 1 is 1.59 bits per heavy atom. The Hall–Kier alpha value is -0.770. The molecule has 2 rings (SSSR count). The minimum absolute atomic E-state index is 0.0529. The molecule has 1 unspecified atom stereocenters. The summed E-state index contributed by atoms with van der Waals surface area (Å²) in [5, 5.41) is 0.691. The summed E-state index contributed by atoms with van der Waals surface area (Å²) in [5.41, 5.74) is 6.80. The molecule has 1 aliphatic rings. The fourth-order valence-electron chi connectivity index (χ4n) is 2.19. The first-order valence-electron chi connectivity index (χ1n) is 5.86. The molecule has 0 aliphatic carbocycles. The topological polar surface area (TPSA) is 44.5 Å². The van der Waals surface area contributed by atoms with Gasteiger partial charge < -0.3 is 15.2 Å². The van der Waals surface area contributed by atoms with Gasteiger partial charge in [0.05, 0.1) is 6.61 Å². The van der Waals surface area contributed by atoms with E-state index in [1.165, 1.54) is 0 Å². The van der Waals surface area contributed by atoms with Crippen LogP contribution >= 0.6 is 11.6 Å². The van der Waals surface area contributed by atoms with Crippen LogP contribution in [0.3, 0.4) is 0 Å². The van der Waals surface area contributed by atoms with Crippen molar-refractivity contribution in [1.82, 2.24) is 0 Å². The summed E-state index contributed by atoms with van der Waals surface area (Å²) < 4.78 is 11.4. The number of nitrogens with two attached hydrogens (primary N) is 1. The van der Waals surface area contributed by atoms with Gasteiger partial charge in [0.25, 0.3) is 0 Å². The molecule has 0 aromatic heterocycles. The van der Waals surface area contributed by atoms with Crippen LogP contribution in [0.4, 0.5) is 0 Å². The molecule has 2 atom stereocenters. The molecule has 0 bridgehead atoms. The zero-order valence-corrected chi connectivity index (χ0v) is 11.0. The van der Waals surface area contributed by atoms with Crippen molar-refractivity contribution in [2.75, 3.05) is 13.2 Å². The number of hydrogen-bond donors (Lipinski definition) is 1. The summed E-state index contributed by atoms with van der Waals surface area (Å²) in [4.78, 5) is 0. The van der Waals surface area contributed by atoms with Crippen molar-refractivity contribution < 1.29 is 9.47 Å². The van der Waals surface area contributed by atoms with Crippen molar-refractivity contribution in [3.05, 3.63) is 28.8 Å². The molecule has 0 fully saturated rings. The summed E-state index contributed by atoms with van der Waals surface area (Å²) in [6.45, 7) is 5.24. The summed E-state index contributed by atoms with van der Waals surface area (Å²) >= 11 is 5.96. The molecule has 17 heavy (non-hydrogen) atoms. The molecule has 0 radical (unpaired) electrons. The fourth-order valence-corrected chi connectivity index (χ4v) is 2.37. The molecule has 3 nitrogen and oxygen atoms in total. The Labute approximate surface area is 107 Å². The first kappa shape index (κ1) is 12.7. The second-order valence-electron chi connectivity index (χ2n) is 4.68. The Balaban J connectivity index is 2.23. The Kier molecular flexibility index (Phi) is 3.61. The number of ether oxygens (including phenoxy) is 2. The predicted octanol–water partition coefficient (Wildman–Crippen LogP) is 2.92. The van der Waals surface area contributed by atoms with Crippen molar-refractivity contribution in [1.29, 1.82) is 0 Å². The molecule has 0 saturated heterocycles. The van der Waals surface area contributed by atoms with Crippen molar-refractivity contribution in [3.63, 3.8) is 0 Å². The Morgan fingerprint density at radius 2 is 2.35 bits per heavy atom. The van der Waals surface area contributed by atoms with Crippen LogP contribution in [0.5, 0.6) is 5.75 Å². The van der Waals surface area contributed by atoms with E-state index >= 15 is 0 Å². The molecule has 1 aliphatic heterocycles. The third-order valence-electron chi connectivity index (χ3n) is 2.99. The van der Waals surface area contributed by atoms with E-state index in [0.717, 1.165) is 17.7 Å². The molecule has 1 heterocycles. The highest BCUT2D eigenvalue weighted by molar-refractivity contribution is 6.30. The maximum atomic E-state index is 6.17. The molecule has 94 valence electrons. The number of halogens is 1. The summed E-state index contributed by atoms with van der Waals surface area (Å²) in [5.74, 6) is 0.815. The highest BCUT2D eigenvalue weighted by Gasteiger charge is 2.36. The van der Waals surface area contributed by atoms with E-state index in [0.29, 0.717) is 18.2 Å². The van der Waals surface area contributed by atoms with E-state index in [4.69, 9.17) is 26.8 Å². The summed E-state index contributed by atoms with van der Waals surface area (Å²) in [6, 6.07) is 5.52. The third-order valence-corrected chi connectivity index (χ3v) is 3.23. The van der Waals surface area contributed by atoms with Crippen LogP contribution in [0.15, 0.2) is 18.2 Å². The minimum atomic E-state index is -0.351. The normalized spacial score (nSPS) is 27.4. The van der Waals surface area contributed by atoms with Crippen LogP contribution in [0.2, 0.25) is 5.02 Å². The lowest BCUT2D eigenvalue weighted by Crippen LogP contribution is -2.44. The number of hydrogen-bond acceptors (Lipinski definition) is 3. The standard InChI is InChI=1S/C13H18ClNO2/c1-3-16-8-13(2)7-11(15)10-6-9(14)4-5-12(10)17-13/h4-6,11H,3,7-8,15H2,1-2H3/t11-,13?/m0/s1. The monoisotopic (exact) mass is 255 g/mol. The molecule has 0 spiro atoms. The second-order valence-corrected chi connectivity index (χ2v) is 5.12. The van der Waals surface area contributed by atoms with Gasteiger partial charge in [-0.15, -0.1) is 0 Å². The van der Waals surface area contributed by atoms with E-state index in [9.17, 15) is 0 Å². The van der Waals surface area contributed by atoms with Gasteiger partial charge in [-0.1, -0.05) is 11.6 Å². The van der Waals surface area contributed by atoms with Crippen molar-refractivity contribution in [2.24, 2.45) is 5.73 Å². The lowest BCUT2D eigenvalue weighted by Gasteiger charge is -2.38. The lowest BCUT2D eigenvalue weighted by molar-refractivity contribution is -0.0302. The van der Waals surface area contributed by atoms with Gasteiger partial charge in [-0.2, -0.15) is 0 Å². The molecule has 2 N–H and O–H groups in total. The molecular weight excluding hydrogens is 238 g/mol. The quantitative estimate of drug-likeness (QED) is 0.903. The molecular formula is C13H18ClNO2. The lowest BCUT2D eigenvalue weighted by atomic mass is 9.89. The average Bonchev–Trinajstić information content (AvgIpc) is 2.28. The highest BCUT2D eigenvalue weighted by atomic mass is 35.5. The van der Waals surface area contributed by atoms with Crippen LogP contribution in [0.1, 0.15) is 31.9 Å². The van der Waals surface area contributed by atoms with Gasteiger partial charge in [0.1, 0.15) is 11.4 Å². The Bertz CT molecular complexity index is 410. The zero-order valence-electron chi connectivity index (χ0n) is 10.2. The van der Waals surface area contributed by atoms with E-state index in [1.54, 1.807) is 0 Å². The van der Waals surface area contributed by atoms with Crippen molar-refractivity contribution >= 4 is 11.6 Å². The molecule has 1 aromatic rings. The molecule has 1 aromatic carbocycles. The largest absolute Gasteiger partial charge is 0.485 e. The van der Waals surface area contributed by atoms with Gasteiger partial charge >= 0.3 is 0 Å². The molecule has 0 amide bonds. The predicted molar refractivity (Wildman–Crippen MR) is 68.5 cm³/mol. The SMILES string of the molecule is CCOCC1(C)C[C@H](N)c2cc(Cl)ccc2O1. The van der Waals surface area contributed by atoms with E-state index in [1.807, 2.05) is 32.0 Å². The third kappa shape index (κ3) is 2.73. The summed E-state index contributed by atoms with van der Waals surface area (Å²) in [7, 11) is 0. The first-order chi connectivity index (χ1) is 8.04. The highest BCUT2D eigenvalue weighted by Crippen LogP contribution is 2.39. The smallest absolute Gasteiger partial charge is 0.131 e. The van der Waals surface area contributed by atoms with Crippen LogP contribution in [-0.4, -0.2) is 18.8 Å².